The highest BCUT2D eigenvalue weighted by Gasteiger charge is 2.12. The maximum atomic E-state index is 9.59. The molecule has 0 bridgehead atoms. The average molecular weight is 282 g/mol. The molecular weight excluding hydrogens is 252 g/mol. The second-order valence-corrected chi connectivity index (χ2v) is 5.55. The van der Waals surface area contributed by atoms with Crippen LogP contribution in [-0.4, -0.2) is 15.2 Å². The minimum atomic E-state index is -0.587. The van der Waals surface area contributed by atoms with E-state index in [0.29, 0.717) is 18.1 Å². The summed E-state index contributed by atoms with van der Waals surface area (Å²) in [5.74, 6) is 1.09. The van der Waals surface area contributed by atoms with Crippen molar-refractivity contribution in [1.82, 2.24) is 10.1 Å². The van der Waals surface area contributed by atoms with Crippen LogP contribution in [0.1, 0.15) is 95.9 Å². The molecular formula is C16H30N2O2. The Morgan fingerprint density at radius 1 is 0.950 bits per heavy atom. The van der Waals surface area contributed by atoms with Gasteiger partial charge in [0.2, 0.25) is 5.89 Å². The van der Waals surface area contributed by atoms with Gasteiger partial charge in [-0.1, -0.05) is 70.4 Å². The van der Waals surface area contributed by atoms with Gasteiger partial charge in [-0.2, -0.15) is 4.98 Å². The van der Waals surface area contributed by atoms with E-state index in [1.807, 2.05) is 6.92 Å². The monoisotopic (exact) mass is 282 g/mol. The molecule has 1 heterocycles. The summed E-state index contributed by atoms with van der Waals surface area (Å²) < 4.78 is 5.14. The van der Waals surface area contributed by atoms with Crippen LogP contribution in [0.15, 0.2) is 4.52 Å². The summed E-state index contributed by atoms with van der Waals surface area (Å²) in [4.78, 5) is 4.22. The maximum absolute atomic E-state index is 9.59. The van der Waals surface area contributed by atoms with Crippen LogP contribution >= 0.6 is 0 Å². The third kappa shape index (κ3) is 7.04. The molecule has 1 unspecified atom stereocenters. The van der Waals surface area contributed by atoms with Gasteiger partial charge in [0.25, 0.3) is 0 Å². The van der Waals surface area contributed by atoms with Gasteiger partial charge in [-0.25, -0.2) is 0 Å². The van der Waals surface area contributed by atoms with Gasteiger partial charge in [0.1, 0.15) is 6.10 Å². The number of hydrogen-bond acceptors (Lipinski definition) is 4. The van der Waals surface area contributed by atoms with Crippen molar-refractivity contribution >= 4 is 0 Å². The van der Waals surface area contributed by atoms with E-state index in [1.165, 1.54) is 51.4 Å². The third-order valence-corrected chi connectivity index (χ3v) is 3.66. The Labute approximate surface area is 123 Å². The molecule has 0 radical (unpaired) electrons. The van der Waals surface area contributed by atoms with Gasteiger partial charge in [0, 0.05) is 6.42 Å². The molecule has 1 aromatic rings. The Hall–Kier alpha value is -0.900. The summed E-state index contributed by atoms with van der Waals surface area (Å²) in [5, 5.41) is 13.4. The van der Waals surface area contributed by atoms with Crippen molar-refractivity contribution in [3.8, 4) is 0 Å². The van der Waals surface area contributed by atoms with Gasteiger partial charge in [-0.05, 0) is 12.8 Å². The number of hydrogen-bond donors (Lipinski definition) is 1. The molecule has 0 spiro atoms. The van der Waals surface area contributed by atoms with Crippen molar-refractivity contribution in [2.24, 2.45) is 0 Å². The first-order valence-corrected chi connectivity index (χ1v) is 8.28. The number of unbranched alkanes of at least 4 members (excludes halogenated alkanes) is 8. The molecule has 1 atom stereocenters. The molecule has 20 heavy (non-hydrogen) atoms. The second kappa shape index (κ2) is 10.8. The minimum absolute atomic E-state index is 0.429. The van der Waals surface area contributed by atoms with Gasteiger partial charge in [-0.3, -0.25) is 0 Å². The Balaban J connectivity index is 2.00. The summed E-state index contributed by atoms with van der Waals surface area (Å²) in [6.45, 7) is 4.16. The number of aliphatic hydroxyl groups is 1. The predicted molar refractivity (Wildman–Crippen MR) is 80.5 cm³/mol. The highest BCUT2D eigenvalue weighted by atomic mass is 16.5. The van der Waals surface area contributed by atoms with Gasteiger partial charge in [0.15, 0.2) is 5.82 Å². The van der Waals surface area contributed by atoms with Crippen molar-refractivity contribution in [2.75, 3.05) is 0 Å². The van der Waals surface area contributed by atoms with Crippen molar-refractivity contribution in [1.29, 1.82) is 0 Å². The lowest BCUT2D eigenvalue weighted by atomic mass is 10.1. The van der Waals surface area contributed by atoms with Gasteiger partial charge in [-0.15, -0.1) is 0 Å². The zero-order valence-corrected chi connectivity index (χ0v) is 13.1. The highest BCUT2D eigenvalue weighted by molar-refractivity contribution is 4.90. The first-order valence-electron chi connectivity index (χ1n) is 8.28. The first kappa shape index (κ1) is 17.2. The van der Waals surface area contributed by atoms with Crippen LogP contribution in [0.4, 0.5) is 0 Å². The lowest BCUT2D eigenvalue weighted by Crippen LogP contribution is -1.97. The fourth-order valence-electron chi connectivity index (χ4n) is 2.27. The Morgan fingerprint density at radius 2 is 1.55 bits per heavy atom. The Morgan fingerprint density at radius 3 is 2.15 bits per heavy atom. The largest absolute Gasteiger partial charge is 0.385 e. The highest BCUT2D eigenvalue weighted by Crippen LogP contribution is 2.14. The van der Waals surface area contributed by atoms with Crippen molar-refractivity contribution < 1.29 is 9.63 Å². The van der Waals surface area contributed by atoms with E-state index in [0.717, 1.165) is 12.8 Å². The number of aryl methyl sites for hydroxylation is 1. The van der Waals surface area contributed by atoms with Crippen LogP contribution in [-0.2, 0) is 6.42 Å². The van der Waals surface area contributed by atoms with E-state index in [-0.39, 0.29) is 0 Å². The number of aromatic nitrogens is 2. The normalized spacial score (nSPS) is 12.8. The molecule has 1 aromatic heterocycles. The topological polar surface area (TPSA) is 59.2 Å². The third-order valence-electron chi connectivity index (χ3n) is 3.66. The zero-order valence-electron chi connectivity index (χ0n) is 13.1. The summed E-state index contributed by atoms with van der Waals surface area (Å²) in [6, 6.07) is 0. The molecule has 4 heteroatoms. The molecule has 0 saturated carbocycles. The van der Waals surface area contributed by atoms with Crippen LogP contribution in [0.2, 0.25) is 0 Å². The van der Waals surface area contributed by atoms with Gasteiger partial charge < -0.3 is 9.63 Å². The molecule has 4 nitrogen and oxygen atoms in total. The van der Waals surface area contributed by atoms with E-state index in [9.17, 15) is 5.11 Å². The maximum Gasteiger partial charge on any atom is 0.226 e. The minimum Gasteiger partial charge on any atom is -0.385 e. The van der Waals surface area contributed by atoms with Gasteiger partial charge >= 0.3 is 0 Å². The smallest absolute Gasteiger partial charge is 0.226 e. The van der Waals surface area contributed by atoms with E-state index < -0.39 is 6.10 Å². The van der Waals surface area contributed by atoms with Crippen LogP contribution < -0.4 is 0 Å². The van der Waals surface area contributed by atoms with Crippen LogP contribution in [0.5, 0.6) is 0 Å². The average Bonchev–Trinajstić information content (AvgIpc) is 2.93. The molecule has 0 saturated heterocycles. The quantitative estimate of drug-likeness (QED) is 0.570. The van der Waals surface area contributed by atoms with Crippen LogP contribution in [0.3, 0.4) is 0 Å². The SMILES string of the molecule is CCCCCCCCCCCc1nc(C(O)CC)no1. The molecule has 0 aliphatic rings. The van der Waals surface area contributed by atoms with E-state index in [1.54, 1.807) is 0 Å². The van der Waals surface area contributed by atoms with Crippen LogP contribution in [0.25, 0.3) is 0 Å². The summed E-state index contributed by atoms with van der Waals surface area (Å²) in [5.41, 5.74) is 0. The van der Waals surface area contributed by atoms with Crippen molar-refractivity contribution in [2.45, 2.75) is 90.6 Å². The van der Waals surface area contributed by atoms with Gasteiger partial charge in [0.05, 0.1) is 0 Å². The van der Waals surface area contributed by atoms with Crippen molar-refractivity contribution in [3.05, 3.63) is 11.7 Å². The summed E-state index contributed by atoms with van der Waals surface area (Å²) in [6.07, 6.45) is 12.7. The lowest BCUT2D eigenvalue weighted by Gasteiger charge is -2.00. The second-order valence-electron chi connectivity index (χ2n) is 5.55. The van der Waals surface area contributed by atoms with Crippen LogP contribution in [0, 0.1) is 0 Å². The number of rotatable bonds is 12. The summed E-state index contributed by atoms with van der Waals surface area (Å²) >= 11 is 0. The Kier molecular flexibility index (Phi) is 9.29. The number of aliphatic hydroxyl groups excluding tert-OH is 1. The van der Waals surface area contributed by atoms with E-state index in [4.69, 9.17) is 4.52 Å². The lowest BCUT2D eigenvalue weighted by molar-refractivity contribution is 0.159. The van der Waals surface area contributed by atoms with E-state index in [2.05, 4.69) is 17.1 Å². The molecule has 1 rings (SSSR count). The molecule has 1 N–H and O–H groups in total. The Bertz CT molecular complexity index is 339. The predicted octanol–water partition coefficient (Wildman–Crippen LogP) is 4.59. The molecule has 0 aliphatic carbocycles. The molecule has 0 aliphatic heterocycles. The summed E-state index contributed by atoms with van der Waals surface area (Å²) in [7, 11) is 0. The fourth-order valence-corrected chi connectivity index (χ4v) is 2.27. The molecule has 116 valence electrons. The number of nitrogens with zero attached hydrogens (tertiary/aromatic N) is 2. The van der Waals surface area contributed by atoms with Crippen molar-refractivity contribution in [3.63, 3.8) is 0 Å². The molecule has 0 amide bonds. The standard InChI is InChI=1S/C16H30N2O2/c1-3-5-6-7-8-9-10-11-12-13-15-17-16(18-20-15)14(19)4-2/h14,19H,3-13H2,1-2H3. The zero-order chi connectivity index (χ0) is 14.6. The molecule has 0 fully saturated rings. The van der Waals surface area contributed by atoms with E-state index >= 15 is 0 Å². The molecule has 0 aromatic carbocycles. The first-order chi connectivity index (χ1) is 9.77. The fraction of sp³-hybridized carbons (Fsp3) is 0.875.